The van der Waals surface area contributed by atoms with Crippen LogP contribution < -0.4 is 11.0 Å². The van der Waals surface area contributed by atoms with Crippen LogP contribution in [0.15, 0.2) is 35.1 Å². The van der Waals surface area contributed by atoms with E-state index in [0.29, 0.717) is 25.3 Å². The van der Waals surface area contributed by atoms with Crippen LogP contribution in [-0.2, 0) is 25.9 Å². The fourth-order valence-corrected chi connectivity index (χ4v) is 4.21. The summed E-state index contributed by atoms with van der Waals surface area (Å²) in [6.07, 6.45) is 4.49. The predicted octanol–water partition coefficient (Wildman–Crippen LogP) is 3.09. The Hall–Kier alpha value is -2.67. The number of aromatic nitrogens is 4. The maximum atomic E-state index is 13.2. The molecule has 0 saturated carbocycles. The number of anilines is 1. The van der Waals surface area contributed by atoms with Crippen molar-refractivity contribution in [1.29, 1.82) is 0 Å². The quantitative estimate of drug-likeness (QED) is 0.567. The molecule has 7 nitrogen and oxygen atoms in total. The zero-order valence-electron chi connectivity index (χ0n) is 17.8. The number of aliphatic hydroxyl groups excluding tert-OH is 1. The highest BCUT2D eigenvalue weighted by Gasteiger charge is 2.31. The van der Waals surface area contributed by atoms with Crippen molar-refractivity contribution in [2.45, 2.75) is 77.6 Å². The van der Waals surface area contributed by atoms with Gasteiger partial charge in [0.05, 0.1) is 6.10 Å². The number of nitrogens with one attached hydrogen (secondary N) is 1. The average Bonchev–Trinajstić information content (AvgIpc) is 3.36. The van der Waals surface area contributed by atoms with Crippen molar-refractivity contribution in [2.75, 3.05) is 5.32 Å². The third-order valence-electron chi connectivity index (χ3n) is 5.82. The second-order valence-corrected chi connectivity index (χ2v) is 8.19. The lowest BCUT2D eigenvalue weighted by atomic mass is 10.1. The van der Waals surface area contributed by atoms with Crippen molar-refractivity contribution in [3.05, 3.63) is 52.2 Å². The molecule has 0 radical (unpaired) electrons. The van der Waals surface area contributed by atoms with Gasteiger partial charge in [-0.3, -0.25) is 9.13 Å². The number of aliphatic hydroxyl groups is 1. The SMILES string of the molecule is CCCn1c2nc(CCC[C@H](O)CC)nc-2c2n(c1=O)CC(Cc1ccccc1)N2. The first-order valence-corrected chi connectivity index (χ1v) is 11.1. The van der Waals surface area contributed by atoms with E-state index >= 15 is 0 Å². The van der Waals surface area contributed by atoms with Crippen LogP contribution in [0.5, 0.6) is 0 Å². The third kappa shape index (κ3) is 4.12. The van der Waals surface area contributed by atoms with Crippen LogP contribution >= 0.6 is 0 Å². The lowest BCUT2D eigenvalue weighted by molar-refractivity contribution is 0.157. The summed E-state index contributed by atoms with van der Waals surface area (Å²) < 4.78 is 3.59. The van der Waals surface area contributed by atoms with E-state index in [1.165, 1.54) is 5.56 Å². The molecule has 0 amide bonds. The topological polar surface area (TPSA) is 85.0 Å². The Morgan fingerprint density at radius 3 is 2.77 bits per heavy atom. The number of rotatable bonds is 9. The van der Waals surface area contributed by atoms with Gasteiger partial charge < -0.3 is 10.4 Å². The molecule has 3 heterocycles. The molecule has 1 aromatic carbocycles. The molecule has 30 heavy (non-hydrogen) atoms. The Morgan fingerprint density at radius 1 is 1.23 bits per heavy atom. The fraction of sp³-hybridized carbons (Fsp3) is 0.522. The number of hydrogen-bond acceptors (Lipinski definition) is 5. The maximum absolute atomic E-state index is 13.2. The molecule has 0 aliphatic carbocycles. The van der Waals surface area contributed by atoms with Crippen LogP contribution in [0.4, 0.5) is 5.82 Å². The van der Waals surface area contributed by atoms with Gasteiger partial charge in [-0.1, -0.05) is 44.2 Å². The van der Waals surface area contributed by atoms with Crippen LogP contribution in [-0.4, -0.2) is 36.4 Å². The summed E-state index contributed by atoms with van der Waals surface area (Å²) in [6, 6.07) is 10.5. The second kappa shape index (κ2) is 9.00. The first-order valence-electron chi connectivity index (χ1n) is 11.1. The molecule has 0 spiro atoms. The van der Waals surface area contributed by atoms with Crippen molar-refractivity contribution in [2.24, 2.45) is 0 Å². The smallest absolute Gasteiger partial charge is 0.331 e. The molecule has 2 atom stereocenters. The molecule has 0 bridgehead atoms. The summed E-state index contributed by atoms with van der Waals surface area (Å²) in [5, 5.41) is 13.3. The number of fused-ring (bicyclic) bond motifs is 3. The molecule has 0 aromatic heterocycles. The predicted molar refractivity (Wildman–Crippen MR) is 118 cm³/mol. The molecule has 160 valence electrons. The van der Waals surface area contributed by atoms with Crippen molar-refractivity contribution in [1.82, 2.24) is 19.1 Å². The fourth-order valence-electron chi connectivity index (χ4n) is 4.21. The highest BCUT2D eigenvalue weighted by atomic mass is 16.3. The summed E-state index contributed by atoms with van der Waals surface area (Å²) in [4.78, 5) is 22.7. The van der Waals surface area contributed by atoms with Gasteiger partial charge in [0.25, 0.3) is 0 Å². The van der Waals surface area contributed by atoms with E-state index in [4.69, 9.17) is 9.97 Å². The molecule has 2 N–H and O–H groups in total. The Morgan fingerprint density at radius 2 is 2.03 bits per heavy atom. The minimum atomic E-state index is -0.270. The molecule has 3 aliphatic heterocycles. The maximum Gasteiger partial charge on any atom is 0.331 e. The van der Waals surface area contributed by atoms with Crippen LogP contribution in [0.2, 0.25) is 0 Å². The molecular formula is C23H31N5O2. The van der Waals surface area contributed by atoms with Gasteiger partial charge in [-0.15, -0.1) is 0 Å². The molecule has 0 fully saturated rings. The first-order chi connectivity index (χ1) is 14.6. The zero-order chi connectivity index (χ0) is 21.1. The number of hydrogen-bond donors (Lipinski definition) is 2. The van der Waals surface area contributed by atoms with Crippen LogP contribution in [0.1, 0.15) is 50.9 Å². The summed E-state index contributed by atoms with van der Waals surface area (Å²) in [5.41, 5.74) is 2.01. The molecule has 3 aliphatic rings. The Labute approximate surface area is 177 Å². The largest absolute Gasteiger partial charge is 0.393 e. The van der Waals surface area contributed by atoms with E-state index in [1.807, 2.05) is 29.7 Å². The van der Waals surface area contributed by atoms with Gasteiger partial charge in [-0.2, -0.15) is 0 Å². The summed E-state index contributed by atoms with van der Waals surface area (Å²) in [6.45, 7) is 5.31. The minimum absolute atomic E-state index is 0.0183. The number of benzene rings is 1. The molecule has 1 unspecified atom stereocenters. The number of imidazole rings is 1. The average molecular weight is 410 g/mol. The highest BCUT2D eigenvalue weighted by Crippen LogP contribution is 2.31. The monoisotopic (exact) mass is 409 g/mol. The highest BCUT2D eigenvalue weighted by molar-refractivity contribution is 5.69. The van der Waals surface area contributed by atoms with Gasteiger partial charge in [-0.05, 0) is 37.7 Å². The molecule has 1 aromatic rings. The van der Waals surface area contributed by atoms with Crippen molar-refractivity contribution in [3.63, 3.8) is 0 Å². The van der Waals surface area contributed by atoms with E-state index in [0.717, 1.165) is 49.4 Å². The second-order valence-electron chi connectivity index (χ2n) is 8.19. The van der Waals surface area contributed by atoms with Gasteiger partial charge >= 0.3 is 5.69 Å². The van der Waals surface area contributed by atoms with Gasteiger partial charge in [0.2, 0.25) is 0 Å². The van der Waals surface area contributed by atoms with Crippen LogP contribution in [0, 0.1) is 0 Å². The molecule has 7 heteroatoms. The van der Waals surface area contributed by atoms with Crippen molar-refractivity contribution >= 4 is 5.82 Å². The van der Waals surface area contributed by atoms with Crippen LogP contribution in [0.25, 0.3) is 11.5 Å². The summed E-state index contributed by atoms with van der Waals surface area (Å²) in [7, 11) is 0. The molecular weight excluding hydrogens is 378 g/mol. The van der Waals surface area contributed by atoms with E-state index in [2.05, 4.69) is 24.4 Å². The molecule has 4 rings (SSSR count). The Balaban J connectivity index is 1.62. The minimum Gasteiger partial charge on any atom is -0.393 e. The first kappa shape index (κ1) is 20.6. The van der Waals surface area contributed by atoms with E-state index < -0.39 is 0 Å². The van der Waals surface area contributed by atoms with Gasteiger partial charge in [0.15, 0.2) is 5.82 Å². The number of aryl methyl sites for hydroxylation is 1. The van der Waals surface area contributed by atoms with E-state index in [1.54, 1.807) is 4.57 Å². The Kier molecular flexibility index (Phi) is 6.18. The van der Waals surface area contributed by atoms with Crippen molar-refractivity contribution < 1.29 is 5.11 Å². The van der Waals surface area contributed by atoms with Gasteiger partial charge in [-0.25, -0.2) is 14.8 Å². The normalized spacial score (nSPS) is 16.6. The molecule has 0 saturated heterocycles. The van der Waals surface area contributed by atoms with Gasteiger partial charge in [0.1, 0.15) is 17.3 Å². The standard InChI is InChI=1S/C23H31N5O2/c1-3-13-27-22-20(25-19(26-22)12-8-11-18(29)4-2)21-24-17(15-28(21)23(27)30)14-16-9-6-5-7-10-16/h5-7,9-10,17-18,24,29H,3-4,8,11-15H2,1-2H3/t17?,18-/m1/s1. The number of nitrogens with zero attached hydrogens (tertiary/aromatic N) is 4. The lowest BCUT2D eigenvalue weighted by Gasteiger charge is -2.13. The summed E-state index contributed by atoms with van der Waals surface area (Å²) in [5.74, 6) is 2.21. The van der Waals surface area contributed by atoms with Crippen molar-refractivity contribution in [3.8, 4) is 11.5 Å². The third-order valence-corrected chi connectivity index (χ3v) is 5.82. The zero-order valence-corrected chi connectivity index (χ0v) is 17.8. The Bertz CT molecular complexity index is 1010. The lowest BCUT2D eigenvalue weighted by Crippen LogP contribution is -2.32. The van der Waals surface area contributed by atoms with Gasteiger partial charge in [0, 0.05) is 25.6 Å². The van der Waals surface area contributed by atoms with E-state index in [9.17, 15) is 9.90 Å². The van der Waals surface area contributed by atoms with E-state index in [-0.39, 0.29) is 17.8 Å². The summed E-state index contributed by atoms with van der Waals surface area (Å²) >= 11 is 0. The van der Waals surface area contributed by atoms with Crippen LogP contribution in [0.3, 0.4) is 0 Å².